The minimum atomic E-state index is -3.97. The van der Waals surface area contributed by atoms with Gasteiger partial charge in [0.25, 0.3) is 21.8 Å². The summed E-state index contributed by atoms with van der Waals surface area (Å²) in [6.45, 7) is 2.59. The van der Waals surface area contributed by atoms with E-state index in [4.69, 9.17) is 10.5 Å². The Balaban J connectivity index is 1.88. The van der Waals surface area contributed by atoms with E-state index in [1.54, 1.807) is 6.92 Å². The summed E-state index contributed by atoms with van der Waals surface area (Å²) in [5.74, 6) is -1.01. The molecule has 2 amide bonds. The molecule has 1 fully saturated rings. The van der Waals surface area contributed by atoms with Crippen LogP contribution in [0.3, 0.4) is 0 Å². The second kappa shape index (κ2) is 6.74. The van der Waals surface area contributed by atoms with Crippen LogP contribution < -0.4 is 11.1 Å². The SMILES string of the molecule is C[C@@H](CN)NC(=O)c1ccc2c(c1)S(=O)(=O)N(CC1CCCO1)C2=O. The molecule has 0 aromatic heterocycles. The van der Waals surface area contributed by atoms with E-state index in [1.165, 1.54) is 18.2 Å². The fourth-order valence-electron chi connectivity index (χ4n) is 2.94. The Morgan fingerprint density at radius 3 is 2.88 bits per heavy atom. The average Bonchev–Trinajstić information content (AvgIpc) is 3.16. The van der Waals surface area contributed by atoms with Gasteiger partial charge in [-0.25, -0.2) is 12.7 Å². The third kappa shape index (κ3) is 3.26. The fraction of sp³-hybridized carbons (Fsp3) is 0.500. The maximum absolute atomic E-state index is 12.7. The molecule has 1 saturated heterocycles. The van der Waals surface area contributed by atoms with E-state index >= 15 is 0 Å². The Kier molecular flexibility index (Phi) is 4.81. The molecule has 2 heterocycles. The summed E-state index contributed by atoms with van der Waals surface area (Å²) in [7, 11) is -3.97. The molecule has 0 saturated carbocycles. The van der Waals surface area contributed by atoms with E-state index in [0.717, 1.165) is 17.1 Å². The quantitative estimate of drug-likeness (QED) is 0.761. The molecule has 8 nitrogen and oxygen atoms in total. The molecule has 0 aliphatic carbocycles. The number of amides is 2. The number of carbonyl (C=O) groups excluding carboxylic acids is 2. The molecule has 2 atom stereocenters. The Morgan fingerprint density at radius 1 is 1.48 bits per heavy atom. The van der Waals surface area contributed by atoms with Gasteiger partial charge in [0.05, 0.1) is 18.2 Å². The molecule has 1 unspecified atom stereocenters. The van der Waals surface area contributed by atoms with Gasteiger partial charge in [0.15, 0.2) is 0 Å². The molecule has 9 heteroatoms. The smallest absolute Gasteiger partial charge is 0.269 e. The van der Waals surface area contributed by atoms with Gasteiger partial charge in [-0.15, -0.1) is 0 Å². The lowest BCUT2D eigenvalue weighted by Crippen LogP contribution is -2.37. The van der Waals surface area contributed by atoms with Gasteiger partial charge in [-0.2, -0.15) is 0 Å². The minimum absolute atomic E-state index is 0.00157. The van der Waals surface area contributed by atoms with Crippen LogP contribution in [0.4, 0.5) is 0 Å². The molecular weight excluding hydrogens is 346 g/mol. The monoisotopic (exact) mass is 367 g/mol. The van der Waals surface area contributed by atoms with Gasteiger partial charge in [0, 0.05) is 24.8 Å². The molecule has 0 bridgehead atoms. The highest BCUT2D eigenvalue weighted by molar-refractivity contribution is 7.90. The Labute approximate surface area is 146 Å². The summed E-state index contributed by atoms with van der Waals surface area (Å²) in [6.07, 6.45) is 1.30. The Morgan fingerprint density at radius 2 is 2.24 bits per heavy atom. The van der Waals surface area contributed by atoms with Gasteiger partial charge in [0.1, 0.15) is 4.90 Å². The lowest BCUT2D eigenvalue weighted by atomic mass is 10.1. The molecule has 1 aromatic carbocycles. The normalized spacial score (nSPS) is 22.7. The summed E-state index contributed by atoms with van der Waals surface area (Å²) >= 11 is 0. The van der Waals surface area contributed by atoms with Crippen LogP contribution in [0.2, 0.25) is 0 Å². The van der Waals surface area contributed by atoms with Crippen molar-refractivity contribution in [1.29, 1.82) is 0 Å². The van der Waals surface area contributed by atoms with E-state index in [1.807, 2.05) is 0 Å². The zero-order chi connectivity index (χ0) is 18.2. The molecule has 1 aromatic rings. The number of ether oxygens (including phenoxy) is 1. The number of sulfonamides is 1. The maximum atomic E-state index is 12.7. The number of hydrogen-bond donors (Lipinski definition) is 2. The zero-order valence-electron chi connectivity index (χ0n) is 13.9. The van der Waals surface area contributed by atoms with Crippen molar-refractivity contribution in [2.24, 2.45) is 5.73 Å². The third-order valence-corrected chi connectivity index (χ3v) is 6.18. The number of nitrogens with zero attached hydrogens (tertiary/aromatic N) is 1. The number of rotatable bonds is 5. The van der Waals surface area contributed by atoms with Crippen LogP contribution in [-0.2, 0) is 14.8 Å². The van der Waals surface area contributed by atoms with Crippen molar-refractivity contribution in [3.05, 3.63) is 29.3 Å². The van der Waals surface area contributed by atoms with Crippen LogP contribution in [0.5, 0.6) is 0 Å². The van der Waals surface area contributed by atoms with E-state index in [0.29, 0.717) is 6.61 Å². The second-order valence-electron chi connectivity index (χ2n) is 6.30. The highest BCUT2D eigenvalue weighted by atomic mass is 32.2. The van der Waals surface area contributed by atoms with Gasteiger partial charge in [0.2, 0.25) is 0 Å². The predicted molar refractivity (Wildman–Crippen MR) is 89.6 cm³/mol. The van der Waals surface area contributed by atoms with Crippen LogP contribution in [0.1, 0.15) is 40.5 Å². The van der Waals surface area contributed by atoms with Gasteiger partial charge in [-0.3, -0.25) is 9.59 Å². The molecule has 0 spiro atoms. The lowest BCUT2D eigenvalue weighted by molar-refractivity contribution is 0.0707. The average molecular weight is 367 g/mol. The van der Waals surface area contributed by atoms with Crippen LogP contribution in [0.25, 0.3) is 0 Å². The van der Waals surface area contributed by atoms with E-state index in [-0.39, 0.29) is 41.3 Å². The van der Waals surface area contributed by atoms with Crippen molar-refractivity contribution >= 4 is 21.8 Å². The number of carbonyl (C=O) groups is 2. The van der Waals surface area contributed by atoms with Crippen LogP contribution in [0, 0.1) is 0 Å². The van der Waals surface area contributed by atoms with Crippen molar-refractivity contribution in [3.8, 4) is 0 Å². The first-order chi connectivity index (χ1) is 11.8. The van der Waals surface area contributed by atoms with E-state index in [2.05, 4.69) is 5.32 Å². The summed E-state index contributed by atoms with van der Waals surface area (Å²) < 4.78 is 31.8. The molecule has 2 aliphatic heterocycles. The predicted octanol–water partition coefficient (Wildman–Crippen LogP) is 0.0871. The molecule has 2 aliphatic rings. The standard InChI is InChI=1S/C16H21N3O5S/c1-10(8-17)18-15(20)11-4-5-13-14(7-11)25(22,23)19(16(13)21)9-12-3-2-6-24-12/h4-5,7,10,12H,2-3,6,8-9,17H2,1H3,(H,18,20)/t10-,12?/m0/s1. The number of hydrogen-bond acceptors (Lipinski definition) is 6. The first-order valence-electron chi connectivity index (χ1n) is 8.18. The van der Waals surface area contributed by atoms with Crippen molar-refractivity contribution in [2.75, 3.05) is 19.7 Å². The molecule has 136 valence electrons. The number of nitrogens with one attached hydrogen (secondary N) is 1. The van der Waals surface area contributed by atoms with Gasteiger partial charge < -0.3 is 15.8 Å². The molecular formula is C16H21N3O5S. The minimum Gasteiger partial charge on any atom is -0.376 e. The van der Waals surface area contributed by atoms with Crippen molar-refractivity contribution in [2.45, 2.75) is 36.8 Å². The number of fused-ring (bicyclic) bond motifs is 1. The van der Waals surface area contributed by atoms with Crippen molar-refractivity contribution in [3.63, 3.8) is 0 Å². The van der Waals surface area contributed by atoms with Gasteiger partial charge in [-0.05, 0) is 38.0 Å². The summed E-state index contributed by atoms with van der Waals surface area (Å²) in [5.41, 5.74) is 5.73. The molecule has 3 N–H and O–H groups in total. The topological polar surface area (TPSA) is 119 Å². The van der Waals surface area contributed by atoms with Gasteiger partial charge in [-0.1, -0.05) is 0 Å². The molecule has 25 heavy (non-hydrogen) atoms. The first kappa shape index (κ1) is 17.8. The van der Waals surface area contributed by atoms with Crippen molar-refractivity contribution < 1.29 is 22.7 Å². The molecule has 0 radical (unpaired) electrons. The summed E-state index contributed by atoms with van der Waals surface area (Å²) in [4.78, 5) is 24.5. The highest BCUT2D eigenvalue weighted by Gasteiger charge is 2.43. The van der Waals surface area contributed by atoms with Crippen LogP contribution in [-0.4, -0.2) is 56.4 Å². The zero-order valence-corrected chi connectivity index (χ0v) is 14.7. The number of nitrogens with two attached hydrogens (primary N) is 1. The highest BCUT2D eigenvalue weighted by Crippen LogP contribution is 2.32. The van der Waals surface area contributed by atoms with E-state index in [9.17, 15) is 18.0 Å². The van der Waals surface area contributed by atoms with E-state index < -0.39 is 21.8 Å². The van der Waals surface area contributed by atoms with Crippen molar-refractivity contribution in [1.82, 2.24) is 9.62 Å². The second-order valence-corrected chi connectivity index (χ2v) is 8.13. The summed E-state index contributed by atoms with van der Waals surface area (Å²) in [6, 6.07) is 3.83. The molecule has 3 rings (SSSR count). The first-order valence-corrected chi connectivity index (χ1v) is 9.62. The fourth-order valence-corrected chi connectivity index (χ4v) is 4.56. The third-order valence-electron chi connectivity index (χ3n) is 4.39. The Hall–Kier alpha value is -1.97. The lowest BCUT2D eigenvalue weighted by Gasteiger charge is -2.18. The van der Waals surface area contributed by atoms with Crippen LogP contribution >= 0.6 is 0 Å². The largest absolute Gasteiger partial charge is 0.376 e. The number of benzene rings is 1. The maximum Gasteiger partial charge on any atom is 0.269 e. The summed E-state index contributed by atoms with van der Waals surface area (Å²) in [5, 5.41) is 2.67. The Bertz CT molecular complexity index is 802. The van der Waals surface area contributed by atoms with Gasteiger partial charge >= 0.3 is 0 Å². The van der Waals surface area contributed by atoms with Crippen LogP contribution in [0.15, 0.2) is 23.1 Å².